The molecule has 5 heteroatoms. The third-order valence-electron chi connectivity index (χ3n) is 3.34. The van der Waals surface area contributed by atoms with E-state index in [0.717, 1.165) is 5.56 Å². The van der Waals surface area contributed by atoms with Crippen molar-refractivity contribution in [3.05, 3.63) is 75.8 Å². The standard InChI is InChI=1S/C17H17NO4/c1-13(15-9-5-6-10-16(15)18(20)21)22-17(19)12-11-14-7-3-2-4-8-14/h2-10,13H,11-12H2,1H3/t13-/m1/s1. The van der Waals surface area contributed by atoms with Crippen LogP contribution in [0.15, 0.2) is 54.6 Å². The van der Waals surface area contributed by atoms with E-state index in [1.165, 1.54) is 6.07 Å². The summed E-state index contributed by atoms with van der Waals surface area (Å²) in [6, 6.07) is 15.9. The van der Waals surface area contributed by atoms with Crippen LogP contribution in [0.1, 0.15) is 30.6 Å². The number of hydrogen-bond acceptors (Lipinski definition) is 4. The van der Waals surface area contributed by atoms with Crippen molar-refractivity contribution < 1.29 is 14.5 Å². The van der Waals surface area contributed by atoms with Crippen LogP contribution in [0.2, 0.25) is 0 Å². The van der Waals surface area contributed by atoms with Gasteiger partial charge in [0, 0.05) is 12.5 Å². The molecule has 0 heterocycles. The largest absolute Gasteiger partial charge is 0.457 e. The van der Waals surface area contributed by atoms with Crippen LogP contribution in [-0.4, -0.2) is 10.9 Å². The number of benzene rings is 2. The van der Waals surface area contributed by atoms with Crippen LogP contribution in [0.25, 0.3) is 0 Å². The Kier molecular flexibility index (Phi) is 5.25. The summed E-state index contributed by atoms with van der Waals surface area (Å²) >= 11 is 0. The summed E-state index contributed by atoms with van der Waals surface area (Å²) in [6.45, 7) is 1.64. The summed E-state index contributed by atoms with van der Waals surface area (Å²) in [5, 5.41) is 11.0. The van der Waals surface area contributed by atoms with E-state index in [2.05, 4.69) is 0 Å². The Morgan fingerprint density at radius 2 is 1.77 bits per heavy atom. The summed E-state index contributed by atoms with van der Waals surface area (Å²) in [5.74, 6) is -0.366. The van der Waals surface area contributed by atoms with Gasteiger partial charge in [-0.2, -0.15) is 0 Å². The molecule has 0 amide bonds. The summed E-state index contributed by atoms with van der Waals surface area (Å²) in [4.78, 5) is 22.4. The van der Waals surface area contributed by atoms with Crippen molar-refractivity contribution in [2.24, 2.45) is 0 Å². The van der Waals surface area contributed by atoms with Gasteiger partial charge in [-0.3, -0.25) is 14.9 Å². The fourth-order valence-corrected chi connectivity index (χ4v) is 2.21. The van der Waals surface area contributed by atoms with E-state index in [1.807, 2.05) is 30.3 Å². The van der Waals surface area contributed by atoms with Gasteiger partial charge < -0.3 is 4.74 Å². The molecule has 0 aliphatic carbocycles. The second kappa shape index (κ2) is 7.36. The molecule has 0 N–H and O–H groups in total. The SMILES string of the molecule is C[C@@H](OC(=O)CCc1ccccc1)c1ccccc1[N+](=O)[O-]. The number of carbonyl (C=O) groups excluding carboxylic acids is 1. The van der Waals surface area contributed by atoms with Crippen molar-refractivity contribution in [2.45, 2.75) is 25.9 Å². The van der Waals surface area contributed by atoms with Gasteiger partial charge in [0.1, 0.15) is 6.10 Å². The lowest BCUT2D eigenvalue weighted by Crippen LogP contribution is -2.11. The van der Waals surface area contributed by atoms with E-state index in [0.29, 0.717) is 12.0 Å². The van der Waals surface area contributed by atoms with Gasteiger partial charge in [-0.15, -0.1) is 0 Å². The molecule has 0 aromatic heterocycles. The van der Waals surface area contributed by atoms with Crippen LogP contribution in [0.3, 0.4) is 0 Å². The van der Waals surface area contributed by atoms with Crippen LogP contribution in [-0.2, 0) is 16.0 Å². The second-order valence-electron chi connectivity index (χ2n) is 4.93. The van der Waals surface area contributed by atoms with Crippen molar-refractivity contribution in [1.82, 2.24) is 0 Å². The van der Waals surface area contributed by atoms with Crippen molar-refractivity contribution in [3.63, 3.8) is 0 Å². The Labute approximate surface area is 128 Å². The number of rotatable bonds is 6. The topological polar surface area (TPSA) is 69.4 Å². The van der Waals surface area contributed by atoms with Crippen LogP contribution in [0, 0.1) is 10.1 Å². The van der Waals surface area contributed by atoms with Gasteiger partial charge in [-0.1, -0.05) is 42.5 Å². The Hall–Kier alpha value is -2.69. The predicted molar refractivity (Wildman–Crippen MR) is 82.4 cm³/mol. The minimum atomic E-state index is -0.648. The Balaban J connectivity index is 1.95. The number of nitrogens with zero attached hydrogens (tertiary/aromatic N) is 1. The van der Waals surface area contributed by atoms with E-state index < -0.39 is 11.0 Å². The molecule has 22 heavy (non-hydrogen) atoms. The second-order valence-corrected chi connectivity index (χ2v) is 4.93. The lowest BCUT2D eigenvalue weighted by Gasteiger charge is -2.13. The molecule has 0 unspecified atom stereocenters. The van der Waals surface area contributed by atoms with E-state index in [9.17, 15) is 14.9 Å². The molecule has 5 nitrogen and oxygen atoms in total. The first kappa shape index (κ1) is 15.7. The van der Waals surface area contributed by atoms with Gasteiger partial charge in [-0.05, 0) is 25.0 Å². The highest BCUT2D eigenvalue weighted by molar-refractivity contribution is 5.70. The first-order valence-corrected chi connectivity index (χ1v) is 7.04. The number of nitro benzene ring substituents is 1. The van der Waals surface area contributed by atoms with Crippen molar-refractivity contribution in [2.75, 3.05) is 0 Å². The molecule has 0 saturated heterocycles. The van der Waals surface area contributed by atoms with Crippen LogP contribution < -0.4 is 0 Å². The molecule has 0 bridgehead atoms. The monoisotopic (exact) mass is 299 g/mol. The zero-order valence-corrected chi connectivity index (χ0v) is 12.3. The van der Waals surface area contributed by atoms with Gasteiger partial charge in [0.2, 0.25) is 0 Å². The number of ether oxygens (including phenoxy) is 1. The molecule has 2 aromatic carbocycles. The third-order valence-corrected chi connectivity index (χ3v) is 3.34. The van der Waals surface area contributed by atoms with Crippen LogP contribution in [0.4, 0.5) is 5.69 Å². The maximum Gasteiger partial charge on any atom is 0.306 e. The number of hydrogen-bond donors (Lipinski definition) is 0. The lowest BCUT2D eigenvalue weighted by molar-refractivity contribution is -0.386. The number of para-hydroxylation sites is 1. The molecule has 0 saturated carbocycles. The summed E-state index contributed by atoms with van der Waals surface area (Å²) in [6.07, 6.45) is 0.183. The smallest absolute Gasteiger partial charge is 0.306 e. The normalized spacial score (nSPS) is 11.7. The average molecular weight is 299 g/mol. The first-order chi connectivity index (χ1) is 10.6. The molecular weight excluding hydrogens is 282 g/mol. The molecule has 0 aliphatic rings. The van der Waals surface area contributed by atoms with Crippen molar-refractivity contribution in [1.29, 1.82) is 0 Å². The third kappa shape index (κ3) is 4.15. The molecule has 0 spiro atoms. The lowest BCUT2D eigenvalue weighted by atomic mass is 10.1. The maximum absolute atomic E-state index is 11.9. The number of esters is 1. The number of aryl methyl sites for hydroxylation is 1. The molecule has 0 fully saturated rings. The molecule has 2 rings (SSSR count). The fraction of sp³-hybridized carbons (Fsp3) is 0.235. The van der Waals surface area contributed by atoms with E-state index in [1.54, 1.807) is 25.1 Å². The Morgan fingerprint density at radius 1 is 1.14 bits per heavy atom. The van der Waals surface area contributed by atoms with Crippen molar-refractivity contribution in [3.8, 4) is 0 Å². The molecule has 2 aromatic rings. The minimum Gasteiger partial charge on any atom is -0.457 e. The van der Waals surface area contributed by atoms with Gasteiger partial charge in [0.05, 0.1) is 10.5 Å². The molecule has 0 radical (unpaired) electrons. The van der Waals surface area contributed by atoms with E-state index in [-0.39, 0.29) is 18.1 Å². The van der Waals surface area contributed by atoms with E-state index in [4.69, 9.17) is 4.74 Å². The van der Waals surface area contributed by atoms with Crippen LogP contribution >= 0.6 is 0 Å². The molecule has 1 atom stereocenters. The highest BCUT2D eigenvalue weighted by Gasteiger charge is 2.20. The Morgan fingerprint density at radius 3 is 2.45 bits per heavy atom. The summed E-state index contributed by atoms with van der Waals surface area (Å²) in [7, 11) is 0. The highest BCUT2D eigenvalue weighted by Crippen LogP contribution is 2.27. The molecular formula is C17H17NO4. The van der Waals surface area contributed by atoms with Gasteiger partial charge in [0.25, 0.3) is 5.69 Å². The Bertz CT molecular complexity index is 655. The van der Waals surface area contributed by atoms with Gasteiger partial charge in [-0.25, -0.2) is 0 Å². The number of nitro groups is 1. The predicted octanol–water partition coefficient (Wildman–Crippen LogP) is 3.83. The summed E-state index contributed by atoms with van der Waals surface area (Å²) in [5.41, 5.74) is 1.42. The molecule has 0 aliphatic heterocycles. The zero-order valence-electron chi connectivity index (χ0n) is 12.3. The zero-order chi connectivity index (χ0) is 15.9. The number of carbonyl (C=O) groups is 1. The molecule has 114 valence electrons. The van der Waals surface area contributed by atoms with E-state index >= 15 is 0 Å². The van der Waals surface area contributed by atoms with Crippen molar-refractivity contribution >= 4 is 11.7 Å². The summed E-state index contributed by atoms with van der Waals surface area (Å²) < 4.78 is 5.31. The quantitative estimate of drug-likeness (QED) is 0.462. The van der Waals surface area contributed by atoms with Gasteiger partial charge in [0.15, 0.2) is 0 Å². The first-order valence-electron chi connectivity index (χ1n) is 7.04. The fourth-order valence-electron chi connectivity index (χ4n) is 2.21. The highest BCUT2D eigenvalue weighted by atomic mass is 16.6. The van der Waals surface area contributed by atoms with Crippen LogP contribution in [0.5, 0.6) is 0 Å². The maximum atomic E-state index is 11.9. The van der Waals surface area contributed by atoms with Gasteiger partial charge >= 0.3 is 5.97 Å². The average Bonchev–Trinajstić information content (AvgIpc) is 2.54. The minimum absolute atomic E-state index is 0.0362.